The maximum Gasteiger partial charge on any atom is 0.243 e. The van der Waals surface area contributed by atoms with Crippen molar-refractivity contribution in [2.24, 2.45) is 0 Å². The van der Waals surface area contributed by atoms with Gasteiger partial charge in [0.05, 0.1) is 6.42 Å². The minimum absolute atomic E-state index is 0.0367. The molecule has 0 fully saturated rings. The van der Waals surface area contributed by atoms with Gasteiger partial charge in [-0.2, -0.15) is 0 Å². The Labute approximate surface area is 169 Å². The van der Waals surface area contributed by atoms with Gasteiger partial charge in [0, 0.05) is 12.1 Å². The molecule has 4 nitrogen and oxygen atoms in total. The molecule has 2 amide bonds. The number of nitrogens with one attached hydrogen (secondary N) is 1. The molecule has 0 bridgehead atoms. The zero-order chi connectivity index (χ0) is 20.7. The lowest BCUT2D eigenvalue weighted by Gasteiger charge is -2.33. The molecular weight excluding hydrogens is 348 g/mol. The van der Waals surface area contributed by atoms with Crippen LogP contribution in [0.4, 0.5) is 0 Å². The molecule has 2 aromatic rings. The third-order valence-corrected chi connectivity index (χ3v) is 4.68. The van der Waals surface area contributed by atoms with E-state index in [9.17, 15) is 9.59 Å². The van der Waals surface area contributed by atoms with Crippen LogP contribution in [-0.2, 0) is 22.6 Å². The van der Waals surface area contributed by atoms with E-state index in [0.717, 1.165) is 16.7 Å². The maximum atomic E-state index is 13.2. The number of carbonyl (C=O) groups excluding carboxylic acids is 2. The van der Waals surface area contributed by atoms with Crippen molar-refractivity contribution in [1.82, 2.24) is 10.2 Å². The number of carbonyl (C=O) groups is 2. The van der Waals surface area contributed by atoms with Crippen molar-refractivity contribution in [2.75, 3.05) is 0 Å². The summed E-state index contributed by atoms with van der Waals surface area (Å²) in [4.78, 5) is 27.9. The highest BCUT2D eigenvalue weighted by molar-refractivity contribution is 5.88. The number of aryl methyl sites for hydroxylation is 1. The Kier molecular flexibility index (Phi) is 7.38. The fraction of sp³-hybridized carbons (Fsp3) is 0.417. The molecule has 1 unspecified atom stereocenters. The fourth-order valence-corrected chi connectivity index (χ4v) is 3.22. The maximum absolute atomic E-state index is 13.2. The summed E-state index contributed by atoms with van der Waals surface area (Å²) >= 11 is 0. The largest absolute Gasteiger partial charge is 0.350 e. The Hall–Kier alpha value is -2.62. The third kappa shape index (κ3) is 6.22. The smallest absolute Gasteiger partial charge is 0.243 e. The Morgan fingerprint density at radius 1 is 1.00 bits per heavy atom. The molecular formula is C24H32N2O2. The molecule has 4 heteroatoms. The SMILES string of the molecule is CCC(C(=O)NC(C)(C)C)N(Cc1ccccc1C)C(=O)Cc1ccccc1. The van der Waals surface area contributed by atoms with Crippen molar-refractivity contribution < 1.29 is 9.59 Å². The number of hydrogen-bond donors (Lipinski definition) is 1. The van der Waals surface area contributed by atoms with Crippen molar-refractivity contribution in [3.05, 3.63) is 71.3 Å². The first-order valence-corrected chi connectivity index (χ1v) is 9.91. The first-order chi connectivity index (χ1) is 13.2. The number of benzene rings is 2. The van der Waals surface area contributed by atoms with Gasteiger partial charge in [-0.05, 0) is 50.8 Å². The van der Waals surface area contributed by atoms with Crippen LogP contribution in [0.5, 0.6) is 0 Å². The number of amides is 2. The van der Waals surface area contributed by atoms with Crippen molar-refractivity contribution in [1.29, 1.82) is 0 Å². The molecule has 150 valence electrons. The lowest BCUT2D eigenvalue weighted by atomic mass is 10.0. The van der Waals surface area contributed by atoms with Crippen molar-refractivity contribution in [3.63, 3.8) is 0 Å². The summed E-state index contributed by atoms with van der Waals surface area (Å²) in [6.45, 7) is 10.3. The van der Waals surface area contributed by atoms with E-state index < -0.39 is 6.04 Å². The molecule has 0 aromatic heterocycles. The summed E-state index contributed by atoms with van der Waals surface area (Å²) < 4.78 is 0. The molecule has 1 atom stereocenters. The van der Waals surface area contributed by atoms with E-state index in [1.54, 1.807) is 4.90 Å². The van der Waals surface area contributed by atoms with Gasteiger partial charge >= 0.3 is 0 Å². The van der Waals surface area contributed by atoms with Crippen LogP contribution in [-0.4, -0.2) is 28.3 Å². The normalized spacial score (nSPS) is 12.3. The minimum atomic E-state index is -0.505. The lowest BCUT2D eigenvalue weighted by Crippen LogP contribution is -2.53. The Bertz CT molecular complexity index is 794. The monoisotopic (exact) mass is 380 g/mol. The fourth-order valence-electron chi connectivity index (χ4n) is 3.22. The van der Waals surface area contributed by atoms with Crippen LogP contribution in [0.1, 0.15) is 50.8 Å². The quantitative estimate of drug-likeness (QED) is 0.780. The van der Waals surface area contributed by atoms with E-state index in [1.807, 2.05) is 89.2 Å². The highest BCUT2D eigenvalue weighted by Gasteiger charge is 2.30. The van der Waals surface area contributed by atoms with Crippen LogP contribution in [0.25, 0.3) is 0 Å². The van der Waals surface area contributed by atoms with Crippen molar-refractivity contribution in [3.8, 4) is 0 Å². The van der Waals surface area contributed by atoms with Crippen molar-refractivity contribution >= 4 is 11.8 Å². The van der Waals surface area contributed by atoms with Gasteiger partial charge in [0.15, 0.2) is 0 Å². The second-order valence-electron chi connectivity index (χ2n) is 8.27. The number of hydrogen-bond acceptors (Lipinski definition) is 2. The highest BCUT2D eigenvalue weighted by atomic mass is 16.2. The van der Waals surface area contributed by atoms with E-state index in [1.165, 1.54) is 0 Å². The van der Waals surface area contributed by atoms with Crippen LogP contribution in [0.15, 0.2) is 54.6 Å². The summed E-state index contributed by atoms with van der Waals surface area (Å²) in [5.41, 5.74) is 2.78. The predicted molar refractivity (Wildman–Crippen MR) is 114 cm³/mol. The minimum Gasteiger partial charge on any atom is -0.350 e. The van der Waals surface area contributed by atoms with Gasteiger partial charge in [-0.25, -0.2) is 0 Å². The van der Waals surface area contributed by atoms with Gasteiger partial charge in [-0.1, -0.05) is 61.5 Å². The third-order valence-electron chi connectivity index (χ3n) is 4.68. The van der Waals surface area contributed by atoms with E-state index in [4.69, 9.17) is 0 Å². The molecule has 0 aliphatic rings. The first kappa shape index (κ1) is 21.7. The summed E-state index contributed by atoms with van der Waals surface area (Å²) in [6.07, 6.45) is 0.848. The number of nitrogens with zero attached hydrogens (tertiary/aromatic N) is 1. The molecule has 0 saturated carbocycles. The van der Waals surface area contributed by atoms with Gasteiger partial charge in [-0.3, -0.25) is 9.59 Å². The van der Waals surface area contributed by atoms with E-state index >= 15 is 0 Å². The first-order valence-electron chi connectivity index (χ1n) is 9.91. The summed E-state index contributed by atoms with van der Waals surface area (Å²) in [5.74, 6) is -0.143. The van der Waals surface area contributed by atoms with Crippen LogP contribution in [0.3, 0.4) is 0 Å². The van der Waals surface area contributed by atoms with Crippen LogP contribution >= 0.6 is 0 Å². The van der Waals surface area contributed by atoms with Gasteiger partial charge < -0.3 is 10.2 Å². The second-order valence-corrected chi connectivity index (χ2v) is 8.27. The Balaban J connectivity index is 2.32. The van der Waals surface area contributed by atoms with Crippen molar-refractivity contribution in [2.45, 2.75) is 65.6 Å². The zero-order valence-electron chi connectivity index (χ0n) is 17.7. The molecule has 0 spiro atoms. The summed E-state index contributed by atoms with van der Waals surface area (Å²) in [5, 5.41) is 3.04. The Morgan fingerprint density at radius 3 is 2.18 bits per heavy atom. The Morgan fingerprint density at radius 2 is 1.61 bits per heavy atom. The molecule has 2 aromatic carbocycles. The van der Waals surface area contributed by atoms with Gasteiger partial charge in [-0.15, -0.1) is 0 Å². The number of rotatable bonds is 7. The lowest BCUT2D eigenvalue weighted by molar-refractivity contribution is -0.141. The average molecular weight is 381 g/mol. The average Bonchev–Trinajstić information content (AvgIpc) is 2.62. The predicted octanol–water partition coefficient (Wildman–Crippen LogP) is 4.26. The highest BCUT2D eigenvalue weighted by Crippen LogP contribution is 2.17. The van der Waals surface area contributed by atoms with E-state index in [0.29, 0.717) is 13.0 Å². The zero-order valence-corrected chi connectivity index (χ0v) is 17.7. The molecule has 0 heterocycles. The molecule has 0 saturated heterocycles. The molecule has 2 rings (SSSR count). The summed E-state index contributed by atoms with van der Waals surface area (Å²) in [6, 6.07) is 17.2. The van der Waals surface area contributed by atoms with Crippen LogP contribution < -0.4 is 5.32 Å². The van der Waals surface area contributed by atoms with E-state index in [-0.39, 0.29) is 23.8 Å². The summed E-state index contributed by atoms with van der Waals surface area (Å²) in [7, 11) is 0. The topological polar surface area (TPSA) is 49.4 Å². The van der Waals surface area contributed by atoms with E-state index in [2.05, 4.69) is 5.32 Å². The van der Waals surface area contributed by atoms with Gasteiger partial charge in [0.25, 0.3) is 0 Å². The molecule has 28 heavy (non-hydrogen) atoms. The molecule has 0 aliphatic carbocycles. The molecule has 1 N–H and O–H groups in total. The molecule has 0 radical (unpaired) electrons. The standard InChI is InChI=1S/C24H32N2O2/c1-6-21(23(28)25-24(3,4)5)26(17-20-15-11-10-12-18(20)2)22(27)16-19-13-8-7-9-14-19/h7-15,21H,6,16-17H2,1-5H3,(H,25,28). The van der Waals surface area contributed by atoms with Gasteiger partial charge in [0.2, 0.25) is 11.8 Å². The molecule has 0 aliphatic heterocycles. The van der Waals surface area contributed by atoms with Crippen LogP contribution in [0.2, 0.25) is 0 Å². The van der Waals surface area contributed by atoms with Crippen LogP contribution in [0, 0.1) is 6.92 Å². The van der Waals surface area contributed by atoms with Gasteiger partial charge in [0.1, 0.15) is 6.04 Å². The second kappa shape index (κ2) is 9.54.